The predicted octanol–water partition coefficient (Wildman–Crippen LogP) is -0.0976. The summed E-state index contributed by atoms with van der Waals surface area (Å²) < 4.78 is 1.13. The van der Waals surface area contributed by atoms with Gasteiger partial charge in [-0.15, -0.1) is 0 Å². The summed E-state index contributed by atoms with van der Waals surface area (Å²) >= 11 is 2.80. The van der Waals surface area contributed by atoms with E-state index >= 15 is 0 Å². The van der Waals surface area contributed by atoms with Crippen molar-refractivity contribution in [3.63, 3.8) is 0 Å². The minimum absolute atomic E-state index is 1.13. The first kappa shape index (κ1) is 5.36. The molecule has 0 heterocycles. The molecule has 0 aliphatic rings. The van der Waals surface area contributed by atoms with Gasteiger partial charge in [0, 0.05) is 0 Å². The van der Waals surface area contributed by atoms with Crippen LogP contribution in [0.25, 0.3) is 0 Å². The van der Waals surface area contributed by atoms with Crippen molar-refractivity contribution >= 4 is 4.50 Å². The van der Waals surface area contributed by atoms with Crippen LogP contribution in [0.15, 0.2) is 0 Å². The molecule has 30 valence electrons. The topological polar surface area (TPSA) is 12.0 Å². The zero-order valence-corrected chi connectivity index (χ0v) is 4.68. The first-order valence-electron chi connectivity index (χ1n) is 1.45. The molecule has 0 rings (SSSR count). The van der Waals surface area contributed by atoms with E-state index in [1.807, 2.05) is 14.0 Å². The van der Waals surface area contributed by atoms with Crippen molar-refractivity contribution in [2.24, 2.45) is 0 Å². The van der Waals surface area contributed by atoms with E-state index in [9.17, 15) is 0 Å². The molecule has 0 aliphatic carbocycles. The van der Waals surface area contributed by atoms with Crippen LogP contribution < -0.4 is 5.32 Å². The van der Waals surface area contributed by atoms with E-state index in [0.717, 1.165) is 4.50 Å². The van der Waals surface area contributed by atoms with Crippen molar-refractivity contribution < 1.29 is 15.9 Å². The van der Waals surface area contributed by atoms with Crippen LogP contribution in [0.5, 0.6) is 0 Å². The van der Waals surface area contributed by atoms with Gasteiger partial charge >= 0.3 is 39.6 Å². The van der Waals surface area contributed by atoms with Gasteiger partial charge in [0.15, 0.2) is 0 Å². The Labute approximate surface area is 40.3 Å². The number of rotatable bonds is 1. The first-order valence-corrected chi connectivity index (χ1v) is 2.09. The third-order valence-corrected chi connectivity index (χ3v) is 0.671. The third kappa shape index (κ3) is 4.36. The first-order chi connectivity index (χ1) is 2.27. The molecule has 0 fully saturated rings. The molecular formula is C3H7CrN. The molecule has 0 aromatic rings. The summed E-state index contributed by atoms with van der Waals surface area (Å²) in [5, 5.41) is 2.89. The Morgan fingerprint density at radius 1 is 1.80 bits per heavy atom. The van der Waals surface area contributed by atoms with Gasteiger partial charge in [-0.2, -0.15) is 0 Å². The molecule has 0 bridgehead atoms. The van der Waals surface area contributed by atoms with Gasteiger partial charge in [-0.3, -0.25) is 0 Å². The van der Waals surface area contributed by atoms with Crippen molar-refractivity contribution in [1.82, 2.24) is 5.32 Å². The molecule has 0 spiro atoms. The third-order valence-electron chi connectivity index (χ3n) is 0.352. The summed E-state index contributed by atoms with van der Waals surface area (Å²) in [6.07, 6.45) is 0. The van der Waals surface area contributed by atoms with Crippen LogP contribution >= 0.6 is 0 Å². The van der Waals surface area contributed by atoms with E-state index in [-0.39, 0.29) is 0 Å². The Morgan fingerprint density at radius 3 is 2.00 bits per heavy atom. The van der Waals surface area contributed by atoms with Gasteiger partial charge in [0.05, 0.1) is 0 Å². The Bertz CT molecular complexity index is 42.2. The van der Waals surface area contributed by atoms with Crippen LogP contribution in [0.1, 0.15) is 6.92 Å². The summed E-state index contributed by atoms with van der Waals surface area (Å²) in [6.45, 7) is 1.97. The van der Waals surface area contributed by atoms with Gasteiger partial charge < -0.3 is 0 Å². The maximum absolute atomic E-state index is 2.89. The molecule has 0 amide bonds. The van der Waals surface area contributed by atoms with Crippen LogP contribution in [0.4, 0.5) is 0 Å². The standard InChI is InChI=1S/C3H7N.Cr/c1-3-4-2;/h4H,1-2H3;. The van der Waals surface area contributed by atoms with Crippen molar-refractivity contribution in [1.29, 1.82) is 0 Å². The molecule has 0 unspecified atom stereocenters. The fourth-order valence-corrected chi connectivity index (χ4v) is 0. The van der Waals surface area contributed by atoms with Crippen molar-refractivity contribution in [2.75, 3.05) is 7.05 Å². The van der Waals surface area contributed by atoms with Crippen LogP contribution in [0.3, 0.4) is 0 Å². The van der Waals surface area contributed by atoms with Gasteiger partial charge in [0.25, 0.3) is 0 Å². The van der Waals surface area contributed by atoms with E-state index in [1.54, 1.807) is 0 Å². The van der Waals surface area contributed by atoms with Gasteiger partial charge in [0.2, 0.25) is 0 Å². The molecule has 0 saturated heterocycles. The van der Waals surface area contributed by atoms with E-state index in [4.69, 9.17) is 0 Å². The van der Waals surface area contributed by atoms with Crippen molar-refractivity contribution in [3.8, 4) is 0 Å². The van der Waals surface area contributed by atoms with E-state index in [0.29, 0.717) is 0 Å². The van der Waals surface area contributed by atoms with E-state index in [2.05, 4.69) is 21.2 Å². The zero-order valence-electron chi connectivity index (χ0n) is 3.41. The Morgan fingerprint density at radius 2 is 2.00 bits per heavy atom. The second-order valence-electron chi connectivity index (χ2n) is 0.806. The second-order valence-corrected chi connectivity index (χ2v) is 1.76. The molecule has 0 aromatic carbocycles. The van der Waals surface area contributed by atoms with Crippen LogP contribution in [0.2, 0.25) is 0 Å². The van der Waals surface area contributed by atoms with Gasteiger partial charge in [-0.05, 0) is 0 Å². The molecular weight excluding hydrogens is 102 g/mol. The summed E-state index contributed by atoms with van der Waals surface area (Å²) in [5.41, 5.74) is 0. The number of hydrogen-bond acceptors (Lipinski definition) is 1. The molecule has 2 heteroatoms. The molecule has 0 atom stereocenters. The summed E-state index contributed by atoms with van der Waals surface area (Å²) in [4.78, 5) is 0. The number of hydrogen-bond donors (Lipinski definition) is 1. The predicted molar refractivity (Wildman–Crippen MR) is 19.7 cm³/mol. The normalized spacial score (nSPS) is 7.60. The monoisotopic (exact) mass is 109 g/mol. The quantitative estimate of drug-likeness (QED) is 0.496. The second kappa shape index (κ2) is 2.59. The van der Waals surface area contributed by atoms with E-state index < -0.39 is 0 Å². The van der Waals surface area contributed by atoms with E-state index in [1.165, 1.54) is 0 Å². The Hall–Kier alpha value is 0.362. The fraction of sp³-hybridized carbons (Fsp3) is 0.667. The summed E-state index contributed by atoms with van der Waals surface area (Å²) in [7, 11) is 1.88. The minimum atomic E-state index is 1.13. The van der Waals surface area contributed by atoms with Gasteiger partial charge in [0.1, 0.15) is 0 Å². The molecule has 0 aliphatic heterocycles. The maximum atomic E-state index is 2.89. The Balaban J connectivity index is 2.85. The fourth-order valence-electron chi connectivity index (χ4n) is 0. The molecule has 5 heavy (non-hydrogen) atoms. The summed E-state index contributed by atoms with van der Waals surface area (Å²) in [6, 6.07) is 0. The molecule has 1 N–H and O–H groups in total. The van der Waals surface area contributed by atoms with Gasteiger partial charge in [-0.25, -0.2) is 0 Å². The number of nitrogens with one attached hydrogen (secondary N) is 1. The molecule has 0 aromatic heterocycles. The SMILES string of the molecule is CN[C](C)=[Cr]. The van der Waals surface area contributed by atoms with Crippen LogP contribution in [-0.4, -0.2) is 11.6 Å². The van der Waals surface area contributed by atoms with Crippen LogP contribution in [-0.2, 0) is 15.9 Å². The van der Waals surface area contributed by atoms with Crippen molar-refractivity contribution in [3.05, 3.63) is 0 Å². The van der Waals surface area contributed by atoms with Gasteiger partial charge in [-0.1, -0.05) is 0 Å². The summed E-state index contributed by atoms with van der Waals surface area (Å²) in [5.74, 6) is 0. The average Bonchev–Trinajstić information content (AvgIpc) is 1.38. The molecule has 1 nitrogen and oxygen atoms in total. The molecule has 0 radical (unpaired) electrons. The molecule has 0 saturated carbocycles. The van der Waals surface area contributed by atoms with Crippen molar-refractivity contribution in [2.45, 2.75) is 6.92 Å². The average molecular weight is 109 g/mol. The Kier molecular flexibility index (Phi) is 2.78. The zero-order chi connectivity index (χ0) is 4.28. The van der Waals surface area contributed by atoms with Crippen LogP contribution in [0, 0.1) is 0 Å².